The molecule has 0 aliphatic rings. The molecule has 0 aliphatic heterocycles. The van der Waals surface area contributed by atoms with Crippen LogP contribution in [0.4, 0.5) is 0 Å². The Labute approximate surface area is 93.8 Å². The van der Waals surface area contributed by atoms with Crippen LogP contribution in [0.1, 0.15) is 21.3 Å². The van der Waals surface area contributed by atoms with Crippen LogP contribution >= 0.6 is 0 Å². The van der Waals surface area contributed by atoms with E-state index in [2.05, 4.69) is 22.9 Å². The van der Waals surface area contributed by atoms with Gasteiger partial charge in [-0.05, 0) is 13.8 Å². The zero-order valence-corrected chi connectivity index (χ0v) is 8.44. The predicted molar refractivity (Wildman–Crippen MR) is 57.4 cm³/mol. The first-order valence-electron chi connectivity index (χ1n) is 3.39. The molecule has 0 atom stereocenters. The molecule has 0 aromatic rings. The van der Waals surface area contributed by atoms with E-state index in [-0.39, 0.29) is 24.0 Å². The van der Waals surface area contributed by atoms with E-state index in [4.69, 9.17) is 10.5 Å². The Morgan fingerprint density at radius 3 is 1.12 bits per heavy atom. The number of carbonyl (C=O) groups excluding carboxylic acids is 2. The summed E-state index contributed by atoms with van der Waals surface area (Å²) in [4.78, 5) is 26.4. The molecule has 4 N–H and O–H groups in total. The first-order valence-corrected chi connectivity index (χ1v) is 3.39. The standard InChI is InChI=1S/2C4H6O3.CH4.H2O/c2*1-3(2)4(5)7-6;;/h2*6H,1H2,2H3;1H4;1H2. The van der Waals surface area contributed by atoms with Gasteiger partial charge in [0.1, 0.15) is 0 Å². The molecule has 0 aliphatic carbocycles. The maximum absolute atomic E-state index is 9.94. The Kier molecular flexibility index (Phi) is 19.8. The van der Waals surface area contributed by atoms with E-state index < -0.39 is 11.9 Å². The highest BCUT2D eigenvalue weighted by Gasteiger charge is 1.98. The number of rotatable bonds is 2. The molecular formula is C9H18O7. The van der Waals surface area contributed by atoms with Crippen molar-refractivity contribution in [3.63, 3.8) is 0 Å². The van der Waals surface area contributed by atoms with Gasteiger partial charge in [0.2, 0.25) is 0 Å². The fraction of sp³-hybridized carbons (Fsp3) is 0.333. The fourth-order valence-corrected chi connectivity index (χ4v) is 0.156. The van der Waals surface area contributed by atoms with Crippen molar-refractivity contribution in [2.45, 2.75) is 21.3 Å². The lowest BCUT2D eigenvalue weighted by Gasteiger charge is -1.88. The van der Waals surface area contributed by atoms with Crippen LogP contribution in [-0.2, 0) is 19.4 Å². The van der Waals surface area contributed by atoms with Crippen molar-refractivity contribution in [3.05, 3.63) is 24.3 Å². The number of carbonyl (C=O) groups is 2. The van der Waals surface area contributed by atoms with Crippen molar-refractivity contribution in [1.29, 1.82) is 0 Å². The monoisotopic (exact) mass is 238 g/mol. The van der Waals surface area contributed by atoms with E-state index in [0.717, 1.165) is 0 Å². The highest BCUT2D eigenvalue weighted by molar-refractivity contribution is 5.86. The maximum atomic E-state index is 9.94. The van der Waals surface area contributed by atoms with Crippen molar-refractivity contribution in [3.8, 4) is 0 Å². The van der Waals surface area contributed by atoms with E-state index >= 15 is 0 Å². The van der Waals surface area contributed by atoms with Gasteiger partial charge in [-0.1, -0.05) is 20.6 Å². The van der Waals surface area contributed by atoms with Gasteiger partial charge in [0.25, 0.3) is 0 Å². The first-order chi connectivity index (χ1) is 6.36. The van der Waals surface area contributed by atoms with E-state index in [9.17, 15) is 9.59 Å². The lowest BCUT2D eigenvalue weighted by Crippen LogP contribution is -1.99. The molecule has 0 saturated carbocycles. The summed E-state index contributed by atoms with van der Waals surface area (Å²) in [6, 6.07) is 0. The minimum Gasteiger partial charge on any atom is -0.412 e. The Morgan fingerprint density at radius 1 is 0.938 bits per heavy atom. The van der Waals surface area contributed by atoms with E-state index in [1.807, 2.05) is 0 Å². The minimum atomic E-state index is -0.792. The molecule has 0 heterocycles. The van der Waals surface area contributed by atoms with Crippen molar-refractivity contribution < 1.29 is 35.4 Å². The third kappa shape index (κ3) is 14.8. The van der Waals surface area contributed by atoms with Crippen molar-refractivity contribution in [1.82, 2.24) is 0 Å². The zero-order chi connectivity index (χ0) is 11.7. The molecule has 0 rings (SSSR count). The molecule has 0 amide bonds. The quantitative estimate of drug-likeness (QED) is 0.419. The second-order valence-electron chi connectivity index (χ2n) is 2.32. The van der Waals surface area contributed by atoms with Crippen LogP contribution in [0.25, 0.3) is 0 Å². The van der Waals surface area contributed by atoms with Crippen LogP contribution in [-0.4, -0.2) is 27.9 Å². The topological polar surface area (TPSA) is 125 Å². The van der Waals surface area contributed by atoms with Gasteiger partial charge in [-0.3, -0.25) is 9.78 Å². The number of hydrogen-bond donors (Lipinski definition) is 2. The second-order valence-corrected chi connectivity index (χ2v) is 2.32. The molecule has 0 fully saturated rings. The van der Waals surface area contributed by atoms with Crippen LogP contribution in [0.15, 0.2) is 24.3 Å². The third-order valence-corrected chi connectivity index (χ3v) is 0.863. The smallest absolute Gasteiger partial charge is 0.367 e. The van der Waals surface area contributed by atoms with E-state index in [0.29, 0.717) is 0 Å². The fourth-order valence-electron chi connectivity index (χ4n) is 0.156. The minimum absolute atomic E-state index is 0. The summed E-state index contributed by atoms with van der Waals surface area (Å²) in [5.41, 5.74) is 0.366. The zero-order valence-electron chi connectivity index (χ0n) is 8.44. The molecule has 96 valence electrons. The van der Waals surface area contributed by atoms with Crippen molar-refractivity contribution in [2.75, 3.05) is 0 Å². The molecule has 7 nitrogen and oxygen atoms in total. The lowest BCUT2D eigenvalue weighted by atomic mass is 10.4. The molecule has 0 spiro atoms. The molecule has 0 aromatic carbocycles. The van der Waals surface area contributed by atoms with Crippen LogP contribution in [0.3, 0.4) is 0 Å². The van der Waals surface area contributed by atoms with Crippen LogP contribution in [0.5, 0.6) is 0 Å². The SMILES string of the molecule is C.C=C(C)C(=O)OO.C=C(C)C(=O)OO.O. The predicted octanol–water partition coefficient (Wildman–Crippen LogP) is 0.969. The van der Waals surface area contributed by atoms with Crippen molar-refractivity contribution in [2.24, 2.45) is 0 Å². The number of hydrogen-bond acceptors (Lipinski definition) is 6. The maximum Gasteiger partial charge on any atom is 0.367 e. The van der Waals surface area contributed by atoms with Gasteiger partial charge >= 0.3 is 11.9 Å². The Morgan fingerprint density at radius 2 is 1.12 bits per heavy atom. The van der Waals surface area contributed by atoms with Crippen molar-refractivity contribution >= 4 is 11.9 Å². The molecule has 0 aromatic heterocycles. The summed E-state index contributed by atoms with van der Waals surface area (Å²) in [5, 5.41) is 15.2. The Hall–Kier alpha value is -1.70. The lowest BCUT2D eigenvalue weighted by molar-refractivity contribution is -0.229. The van der Waals surface area contributed by atoms with Crippen LogP contribution in [0.2, 0.25) is 0 Å². The largest absolute Gasteiger partial charge is 0.412 e. The summed E-state index contributed by atoms with van der Waals surface area (Å²) < 4.78 is 0. The summed E-state index contributed by atoms with van der Waals surface area (Å²) in [7, 11) is 0. The Bertz CT molecular complexity index is 218. The van der Waals surface area contributed by atoms with E-state index in [1.54, 1.807) is 0 Å². The van der Waals surface area contributed by atoms with Gasteiger partial charge in [0.05, 0.1) is 0 Å². The summed E-state index contributed by atoms with van der Waals surface area (Å²) in [6.45, 7) is 9.27. The molecular weight excluding hydrogens is 220 g/mol. The van der Waals surface area contributed by atoms with Gasteiger partial charge in [-0.15, -0.1) is 0 Å². The van der Waals surface area contributed by atoms with E-state index in [1.165, 1.54) is 13.8 Å². The van der Waals surface area contributed by atoms with Gasteiger partial charge in [0, 0.05) is 11.1 Å². The third-order valence-electron chi connectivity index (χ3n) is 0.863. The van der Waals surface area contributed by atoms with Gasteiger partial charge in [-0.2, -0.15) is 10.5 Å². The summed E-state index contributed by atoms with van der Waals surface area (Å²) in [6.07, 6.45) is 0. The second kappa shape index (κ2) is 13.3. The molecule has 0 saturated heterocycles. The van der Waals surface area contributed by atoms with Gasteiger partial charge in [-0.25, -0.2) is 9.59 Å². The van der Waals surface area contributed by atoms with Gasteiger partial charge < -0.3 is 5.48 Å². The average molecular weight is 238 g/mol. The first kappa shape index (κ1) is 23.8. The highest BCUT2D eigenvalue weighted by Crippen LogP contribution is 1.87. The summed E-state index contributed by atoms with van der Waals surface area (Å²) in [5.74, 6) is -1.58. The van der Waals surface area contributed by atoms with Gasteiger partial charge in [0.15, 0.2) is 0 Å². The molecule has 16 heavy (non-hydrogen) atoms. The normalized spacial score (nSPS) is 6.75. The molecule has 0 bridgehead atoms. The molecule has 0 radical (unpaired) electrons. The Balaban J connectivity index is -0.0000000800. The van der Waals surface area contributed by atoms with Crippen LogP contribution in [0, 0.1) is 0 Å². The highest BCUT2D eigenvalue weighted by atomic mass is 17.1. The summed E-state index contributed by atoms with van der Waals surface area (Å²) >= 11 is 0. The average Bonchev–Trinajstić information content (AvgIpc) is 2.15. The van der Waals surface area contributed by atoms with Crippen LogP contribution < -0.4 is 0 Å². The molecule has 7 heteroatoms. The molecule has 0 unspecified atom stereocenters.